The minimum Gasteiger partial charge on any atom is -0.464 e. The third kappa shape index (κ3) is 4.17. The number of rotatable bonds is 2. The molecule has 1 aliphatic rings. The minimum atomic E-state index is -0.597. The number of carbonyl (C=O) groups excluding carboxylic acids is 1. The van der Waals surface area contributed by atoms with E-state index >= 15 is 0 Å². The number of esters is 1. The summed E-state index contributed by atoms with van der Waals surface area (Å²) in [7, 11) is 2.81. The van der Waals surface area contributed by atoms with Crippen molar-refractivity contribution in [1.82, 2.24) is 9.13 Å². The van der Waals surface area contributed by atoms with E-state index in [1.54, 1.807) is 31.2 Å². The number of hydrogen-bond donors (Lipinski definition) is 1. The highest BCUT2D eigenvalue weighted by Gasteiger charge is 2.29. The molecule has 2 aromatic carbocycles. The highest BCUT2D eigenvalue weighted by Crippen LogP contribution is 2.30. The molecular weight excluding hydrogens is 441 g/mol. The van der Waals surface area contributed by atoms with E-state index in [-0.39, 0.29) is 24.5 Å². The van der Waals surface area contributed by atoms with Crippen LogP contribution in [0.1, 0.15) is 34.2 Å². The summed E-state index contributed by atoms with van der Waals surface area (Å²) in [5.74, 6) is -0.597. The highest BCUT2D eigenvalue weighted by atomic mass is 35.5. The number of hydrogen-bond acceptors (Lipinski definition) is 5. The van der Waals surface area contributed by atoms with E-state index in [0.29, 0.717) is 32.7 Å². The molecule has 0 bridgehead atoms. The van der Waals surface area contributed by atoms with Crippen molar-refractivity contribution in [2.24, 2.45) is 12.0 Å². The van der Waals surface area contributed by atoms with Crippen molar-refractivity contribution in [3.63, 3.8) is 0 Å². The van der Waals surface area contributed by atoms with Crippen molar-refractivity contribution in [2.75, 3.05) is 13.7 Å². The molecule has 0 atom stereocenters. The van der Waals surface area contributed by atoms with Gasteiger partial charge in [-0.3, -0.25) is 14.1 Å². The van der Waals surface area contributed by atoms with Crippen LogP contribution in [0.2, 0.25) is 10.0 Å². The normalized spacial score (nSPS) is 12.0. The summed E-state index contributed by atoms with van der Waals surface area (Å²) >= 11 is 12.6. The number of ether oxygens (including phenoxy) is 1. The number of halogens is 2. The fourth-order valence-electron chi connectivity index (χ4n) is 3.42. The number of aliphatic hydroxyl groups excluding tert-OH is 1. The van der Waals surface area contributed by atoms with Crippen LogP contribution < -0.4 is 5.69 Å². The van der Waals surface area contributed by atoms with Crippen LogP contribution in [0, 0.1) is 0 Å². The molecule has 0 spiro atoms. The van der Waals surface area contributed by atoms with Gasteiger partial charge in [0.2, 0.25) is 0 Å². The molecule has 0 saturated heterocycles. The number of carbonyl (C=O) groups is 1. The van der Waals surface area contributed by atoms with Gasteiger partial charge in [0.25, 0.3) is 0 Å². The standard InChI is InChI=1S/C20H15Cl2N3O3.C2H6O/c1-24-18(19(26)28-2)16-10-23-17(12-5-3-4-6-14(12)22)13-9-11(21)7-8-15(13)25(16)20(24)27;1-2-3/h3-9H,10H2,1-2H3;3H,2H2,1H3. The Balaban J connectivity index is 0.000000858. The maximum atomic E-state index is 13.0. The Morgan fingerprint density at radius 3 is 2.52 bits per heavy atom. The van der Waals surface area contributed by atoms with Crippen LogP contribution in [0.5, 0.6) is 0 Å². The molecule has 0 fully saturated rings. The van der Waals surface area contributed by atoms with Crippen molar-refractivity contribution < 1.29 is 14.6 Å². The van der Waals surface area contributed by atoms with Gasteiger partial charge in [-0.2, -0.15) is 0 Å². The lowest BCUT2D eigenvalue weighted by Crippen LogP contribution is -2.24. The molecule has 4 rings (SSSR count). The third-order valence-electron chi connectivity index (χ3n) is 4.71. The summed E-state index contributed by atoms with van der Waals surface area (Å²) in [6, 6.07) is 12.5. The van der Waals surface area contributed by atoms with E-state index in [1.165, 1.54) is 23.3 Å². The van der Waals surface area contributed by atoms with Crippen molar-refractivity contribution in [3.8, 4) is 5.69 Å². The largest absolute Gasteiger partial charge is 0.464 e. The smallest absolute Gasteiger partial charge is 0.356 e. The minimum absolute atomic E-state index is 0.105. The summed E-state index contributed by atoms with van der Waals surface area (Å²) < 4.78 is 7.62. The van der Waals surface area contributed by atoms with Gasteiger partial charge in [-0.15, -0.1) is 0 Å². The highest BCUT2D eigenvalue weighted by molar-refractivity contribution is 6.36. The van der Waals surface area contributed by atoms with Gasteiger partial charge in [0.1, 0.15) is 0 Å². The second kappa shape index (κ2) is 9.51. The van der Waals surface area contributed by atoms with Gasteiger partial charge >= 0.3 is 11.7 Å². The number of benzene rings is 2. The Bertz CT molecular complexity index is 1230. The van der Waals surface area contributed by atoms with Crippen LogP contribution in [0.4, 0.5) is 0 Å². The molecule has 31 heavy (non-hydrogen) atoms. The van der Waals surface area contributed by atoms with Crippen molar-refractivity contribution in [2.45, 2.75) is 13.5 Å². The Kier molecular flexibility index (Phi) is 7.00. The average molecular weight is 462 g/mol. The van der Waals surface area contributed by atoms with Crippen LogP contribution in [-0.2, 0) is 18.3 Å². The Morgan fingerprint density at radius 2 is 1.87 bits per heavy atom. The Labute approximate surface area is 189 Å². The fraction of sp³-hybridized carbons (Fsp3) is 0.227. The number of aliphatic hydroxyl groups is 1. The molecule has 3 aromatic rings. The van der Waals surface area contributed by atoms with E-state index in [1.807, 2.05) is 18.2 Å². The molecule has 1 N–H and O–H groups in total. The SMILES string of the molecule is CCO.COC(=O)c1c2n(c(=O)n1C)-c1ccc(Cl)cc1C(c1ccccc1Cl)=NC2. The first-order valence-corrected chi connectivity index (χ1v) is 10.2. The van der Waals surface area contributed by atoms with Gasteiger partial charge in [0.05, 0.1) is 30.7 Å². The molecule has 0 radical (unpaired) electrons. The molecule has 0 aliphatic carbocycles. The zero-order valence-electron chi connectivity index (χ0n) is 17.2. The number of aromatic nitrogens is 2. The third-order valence-corrected chi connectivity index (χ3v) is 5.27. The predicted octanol–water partition coefficient (Wildman–Crippen LogP) is 3.62. The second-order valence-corrected chi connectivity index (χ2v) is 7.43. The van der Waals surface area contributed by atoms with Crippen LogP contribution >= 0.6 is 23.2 Å². The van der Waals surface area contributed by atoms with E-state index in [2.05, 4.69) is 0 Å². The summed E-state index contributed by atoms with van der Waals surface area (Å²) in [6.07, 6.45) is 0. The summed E-state index contributed by atoms with van der Waals surface area (Å²) in [5.41, 5.74) is 2.80. The lowest BCUT2D eigenvalue weighted by atomic mass is 10.0. The first kappa shape index (κ1) is 22.8. The molecular formula is C22H21Cl2N3O4. The van der Waals surface area contributed by atoms with Gasteiger partial charge in [-0.1, -0.05) is 41.4 Å². The lowest BCUT2D eigenvalue weighted by molar-refractivity contribution is 0.0588. The summed E-state index contributed by atoms with van der Waals surface area (Å²) in [6.45, 7) is 2.04. The summed E-state index contributed by atoms with van der Waals surface area (Å²) in [5, 5.41) is 8.60. The van der Waals surface area contributed by atoms with Crippen molar-refractivity contribution in [1.29, 1.82) is 0 Å². The molecule has 7 nitrogen and oxygen atoms in total. The maximum absolute atomic E-state index is 13.0. The second-order valence-electron chi connectivity index (χ2n) is 6.59. The average Bonchev–Trinajstić information content (AvgIpc) is 2.89. The van der Waals surface area contributed by atoms with Crippen molar-refractivity contribution in [3.05, 3.63) is 85.5 Å². The lowest BCUT2D eigenvalue weighted by Gasteiger charge is -2.12. The molecule has 1 aromatic heterocycles. The number of nitrogens with zero attached hydrogens (tertiary/aromatic N) is 3. The summed E-state index contributed by atoms with van der Waals surface area (Å²) in [4.78, 5) is 30.0. The fourth-order valence-corrected chi connectivity index (χ4v) is 3.82. The van der Waals surface area contributed by atoms with E-state index in [0.717, 1.165) is 5.56 Å². The van der Waals surface area contributed by atoms with Crippen LogP contribution in [0.15, 0.2) is 52.3 Å². The molecule has 0 unspecified atom stereocenters. The van der Waals surface area contributed by atoms with E-state index in [4.69, 9.17) is 38.0 Å². The first-order valence-electron chi connectivity index (χ1n) is 9.45. The first-order chi connectivity index (χ1) is 14.8. The number of methoxy groups -OCH3 is 1. The van der Waals surface area contributed by atoms with Gasteiger partial charge in [-0.25, -0.2) is 9.59 Å². The molecule has 0 amide bonds. The molecule has 1 aliphatic heterocycles. The topological polar surface area (TPSA) is 85.8 Å². The van der Waals surface area contributed by atoms with Gasteiger partial charge in [-0.05, 0) is 31.2 Å². The van der Waals surface area contributed by atoms with E-state index < -0.39 is 5.97 Å². The number of fused-ring (bicyclic) bond motifs is 3. The molecule has 9 heteroatoms. The number of imidazole rings is 1. The van der Waals surface area contributed by atoms with Gasteiger partial charge in [0.15, 0.2) is 5.69 Å². The molecule has 2 heterocycles. The predicted molar refractivity (Wildman–Crippen MR) is 121 cm³/mol. The number of aliphatic imine (C=N–C) groups is 1. The van der Waals surface area contributed by atoms with Crippen LogP contribution in [-0.4, -0.2) is 39.6 Å². The van der Waals surface area contributed by atoms with Crippen LogP contribution in [0.3, 0.4) is 0 Å². The Hall–Kier alpha value is -2.87. The molecule has 0 saturated carbocycles. The molecule has 162 valence electrons. The van der Waals surface area contributed by atoms with Gasteiger partial charge < -0.3 is 9.84 Å². The van der Waals surface area contributed by atoms with Crippen molar-refractivity contribution >= 4 is 34.9 Å². The van der Waals surface area contributed by atoms with Crippen LogP contribution in [0.25, 0.3) is 5.69 Å². The zero-order chi connectivity index (χ0) is 22.7. The monoisotopic (exact) mass is 461 g/mol. The Morgan fingerprint density at radius 1 is 1.19 bits per heavy atom. The zero-order valence-corrected chi connectivity index (χ0v) is 18.7. The maximum Gasteiger partial charge on any atom is 0.356 e. The van der Waals surface area contributed by atoms with Gasteiger partial charge in [0, 0.05) is 34.8 Å². The quantitative estimate of drug-likeness (QED) is 0.590. The van der Waals surface area contributed by atoms with E-state index in [9.17, 15) is 9.59 Å².